The molecule has 0 saturated heterocycles. The number of unbranched alkanes of at least 4 members (excludes halogenated alkanes) is 2. The highest BCUT2D eigenvalue weighted by Gasteiger charge is 2.14. The van der Waals surface area contributed by atoms with E-state index in [4.69, 9.17) is 16.3 Å². The van der Waals surface area contributed by atoms with Crippen LogP contribution in [-0.2, 0) is 4.74 Å². The van der Waals surface area contributed by atoms with Gasteiger partial charge in [0.2, 0.25) is 0 Å². The minimum Gasteiger partial charge on any atom is -0.502 e. The molecule has 0 saturated carbocycles. The van der Waals surface area contributed by atoms with Crippen molar-refractivity contribution in [3.63, 3.8) is 0 Å². The van der Waals surface area contributed by atoms with Crippen LogP contribution in [0.4, 0.5) is 0 Å². The van der Waals surface area contributed by atoms with Gasteiger partial charge in [-0.05, 0) is 37.3 Å². The van der Waals surface area contributed by atoms with Gasteiger partial charge in [0.15, 0.2) is 0 Å². The molecule has 0 aliphatic carbocycles. The summed E-state index contributed by atoms with van der Waals surface area (Å²) in [5.74, 6) is 0.707. The van der Waals surface area contributed by atoms with E-state index in [1.54, 1.807) is 19.4 Å². The fourth-order valence-corrected chi connectivity index (χ4v) is 2.88. The SMILES string of the molecule is C=C(CCCC(O)c1ncc(Cl)cc1/C=C/CC(O)CCCCC)OC. The molecule has 2 atom stereocenters. The van der Waals surface area contributed by atoms with Crippen molar-refractivity contribution in [3.8, 4) is 0 Å². The highest BCUT2D eigenvalue weighted by atomic mass is 35.5. The van der Waals surface area contributed by atoms with Gasteiger partial charge in [0.25, 0.3) is 0 Å². The lowest BCUT2D eigenvalue weighted by atomic mass is 10.0. The van der Waals surface area contributed by atoms with Gasteiger partial charge in [0.05, 0.1) is 35.8 Å². The van der Waals surface area contributed by atoms with Crippen LogP contribution >= 0.6 is 11.6 Å². The van der Waals surface area contributed by atoms with Gasteiger partial charge in [0.1, 0.15) is 0 Å². The molecule has 1 aromatic heterocycles. The van der Waals surface area contributed by atoms with Gasteiger partial charge in [-0.15, -0.1) is 0 Å². The molecule has 1 heterocycles. The Morgan fingerprint density at radius 2 is 2.08 bits per heavy atom. The highest BCUT2D eigenvalue weighted by molar-refractivity contribution is 6.30. The van der Waals surface area contributed by atoms with Gasteiger partial charge < -0.3 is 14.9 Å². The van der Waals surface area contributed by atoms with Crippen molar-refractivity contribution in [1.82, 2.24) is 4.98 Å². The van der Waals surface area contributed by atoms with E-state index in [2.05, 4.69) is 18.5 Å². The monoisotopic (exact) mass is 381 g/mol. The standard InChI is InChI=1S/C21H32ClNO3/c1-4-5-6-11-19(24)12-8-10-17-14-18(22)15-23-21(17)20(25)13-7-9-16(2)26-3/h8,10,14-15,19-20,24-25H,2,4-7,9,11-13H2,1,3H3/b10-8+. The molecular formula is C21H32ClNO3. The van der Waals surface area contributed by atoms with E-state index in [1.165, 1.54) is 0 Å². The van der Waals surface area contributed by atoms with Crippen LogP contribution in [-0.4, -0.2) is 28.4 Å². The number of aromatic nitrogens is 1. The molecule has 0 fully saturated rings. The smallest absolute Gasteiger partial charge is 0.0966 e. The molecule has 0 aromatic carbocycles. The molecule has 146 valence electrons. The van der Waals surface area contributed by atoms with Crippen molar-refractivity contribution in [2.45, 2.75) is 70.5 Å². The predicted molar refractivity (Wildman–Crippen MR) is 108 cm³/mol. The molecule has 2 unspecified atom stereocenters. The van der Waals surface area contributed by atoms with E-state index in [9.17, 15) is 10.2 Å². The molecule has 0 spiro atoms. The van der Waals surface area contributed by atoms with Gasteiger partial charge in [-0.3, -0.25) is 4.98 Å². The fraction of sp³-hybridized carbons (Fsp3) is 0.571. The van der Waals surface area contributed by atoms with Crippen LogP contribution in [0.5, 0.6) is 0 Å². The summed E-state index contributed by atoms with van der Waals surface area (Å²) < 4.78 is 5.04. The van der Waals surface area contributed by atoms with E-state index in [-0.39, 0.29) is 6.10 Å². The van der Waals surface area contributed by atoms with Crippen LogP contribution in [0.25, 0.3) is 6.08 Å². The summed E-state index contributed by atoms with van der Waals surface area (Å²) in [7, 11) is 1.60. The van der Waals surface area contributed by atoms with E-state index in [1.807, 2.05) is 12.2 Å². The van der Waals surface area contributed by atoms with Crippen LogP contribution in [0.2, 0.25) is 5.02 Å². The number of methoxy groups -OCH3 is 1. The summed E-state index contributed by atoms with van der Waals surface area (Å²) >= 11 is 6.06. The highest BCUT2D eigenvalue weighted by Crippen LogP contribution is 2.25. The predicted octanol–water partition coefficient (Wildman–Crippen LogP) is 5.44. The lowest BCUT2D eigenvalue weighted by molar-refractivity contribution is 0.157. The van der Waals surface area contributed by atoms with E-state index in [0.29, 0.717) is 35.7 Å². The maximum absolute atomic E-state index is 10.5. The molecule has 0 aliphatic heterocycles. The molecule has 2 N–H and O–H groups in total. The third kappa shape index (κ3) is 8.84. The number of pyridine rings is 1. The van der Waals surface area contributed by atoms with Gasteiger partial charge in [-0.2, -0.15) is 0 Å². The second-order valence-electron chi connectivity index (χ2n) is 6.57. The summed E-state index contributed by atoms with van der Waals surface area (Å²) in [5.41, 5.74) is 1.39. The van der Waals surface area contributed by atoms with Crippen molar-refractivity contribution < 1.29 is 14.9 Å². The zero-order valence-electron chi connectivity index (χ0n) is 16.0. The first-order valence-corrected chi connectivity index (χ1v) is 9.75. The Morgan fingerprint density at radius 1 is 1.31 bits per heavy atom. The van der Waals surface area contributed by atoms with Crippen LogP contribution < -0.4 is 0 Å². The third-order valence-corrected chi connectivity index (χ3v) is 4.51. The first-order chi connectivity index (χ1) is 12.5. The largest absolute Gasteiger partial charge is 0.502 e. The summed E-state index contributed by atoms with van der Waals surface area (Å²) in [5, 5.41) is 21.0. The number of aliphatic hydroxyl groups is 2. The summed E-state index contributed by atoms with van der Waals surface area (Å²) in [6.45, 7) is 5.93. The molecule has 1 rings (SSSR count). The number of halogens is 1. The topological polar surface area (TPSA) is 62.6 Å². The molecule has 0 aliphatic rings. The van der Waals surface area contributed by atoms with Crippen molar-refractivity contribution in [2.24, 2.45) is 0 Å². The zero-order valence-corrected chi connectivity index (χ0v) is 16.7. The minimum absolute atomic E-state index is 0.335. The number of allylic oxidation sites excluding steroid dienone is 1. The van der Waals surface area contributed by atoms with Crippen molar-refractivity contribution in [2.75, 3.05) is 7.11 Å². The number of nitrogens with zero attached hydrogens (tertiary/aromatic N) is 1. The molecule has 0 amide bonds. The quantitative estimate of drug-likeness (QED) is 0.352. The number of hydrogen-bond acceptors (Lipinski definition) is 4. The Bertz CT molecular complexity index is 574. The molecule has 1 aromatic rings. The Balaban J connectivity index is 2.65. The van der Waals surface area contributed by atoms with Crippen LogP contribution in [0.1, 0.15) is 75.7 Å². The Morgan fingerprint density at radius 3 is 2.77 bits per heavy atom. The first-order valence-electron chi connectivity index (χ1n) is 9.37. The summed E-state index contributed by atoms with van der Waals surface area (Å²) in [6.07, 6.45) is 11.1. The second-order valence-corrected chi connectivity index (χ2v) is 7.00. The molecular weight excluding hydrogens is 350 g/mol. The van der Waals surface area contributed by atoms with Crippen molar-refractivity contribution in [1.29, 1.82) is 0 Å². The van der Waals surface area contributed by atoms with E-state index >= 15 is 0 Å². The number of aliphatic hydroxyl groups excluding tert-OH is 2. The van der Waals surface area contributed by atoms with Crippen molar-refractivity contribution >= 4 is 17.7 Å². The lowest BCUT2D eigenvalue weighted by Crippen LogP contribution is -2.05. The van der Waals surface area contributed by atoms with Gasteiger partial charge in [-0.1, -0.05) is 56.5 Å². The van der Waals surface area contributed by atoms with Gasteiger partial charge in [-0.25, -0.2) is 0 Å². The third-order valence-electron chi connectivity index (χ3n) is 4.30. The number of rotatable bonds is 13. The summed E-state index contributed by atoms with van der Waals surface area (Å²) in [4.78, 5) is 4.31. The zero-order chi connectivity index (χ0) is 19.4. The van der Waals surface area contributed by atoms with E-state index in [0.717, 1.165) is 37.7 Å². The summed E-state index contributed by atoms with van der Waals surface area (Å²) in [6, 6.07) is 1.79. The Labute approximate surface area is 162 Å². The fourth-order valence-electron chi connectivity index (χ4n) is 2.71. The maximum Gasteiger partial charge on any atom is 0.0966 e. The maximum atomic E-state index is 10.5. The minimum atomic E-state index is -0.675. The number of hydrogen-bond donors (Lipinski definition) is 2. The van der Waals surface area contributed by atoms with Crippen LogP contribution in [0.3, 0.4) is 0 Å². The van der Waals surface area contributed by atoms with E-state index < -0.39 is 6.10 Å². The second kappa shape index (κ2) is 12.9. The van der Waals surface area contributed by atoms with Crippen LogP contribution in [0.15, 0.2) is 30.7 Å². The number of ether oxygens (including phenoxy) is 1. The molecule has 26 heavy (non-hydrogen) atoms. The Kier molecular flexibility index (Phi) is 11.3. The Hall–Kier alpha value is -1.36. The molecule has 0 bridgehead atoms. The first kappa shape index (κ1) is 22.7. The van der Waals surface area contributed by atoms with Gasteiger partial charge >= 0.3 is 0 Å². The van der Waals surface area contributed by atoms with Gasteiger partial charge in [0, 0.05) is 12.6 Å². The normalized spacial score (nSPS) is 13.7. The lowest BCUT2D eigenvalue weighted by Gasteiger charge is -2.14. The average Bonchev–Trinajstić information content (AvgIpc) is 2.61. The van der Waals surface area contributed by atoms with Crippen molar-refractivity contribution in [3.05, 3.63) is 47.0 Å². The van der Waals surface area contributed by atoms with Crippen LogP contribution in [0, 0.1) is 0 Å². The molecule has 0 radical (unpaired) electrons. The molecule has 5 heteroatoms. The molecule has 4 nitrogen and oxygen atoms in total. The average molecular weight is 382 g/mol.